The van der Waals surface area contributed by atoms with Crippen LogP contribution >= 0.6 is 0 Å². The molecule has 3 rings (SSSR count). The van der Waals surface area contributed by atoms with E-state index >= 15 is 0 Å². The second-order valence-corrected chi connectivity index (χ2v) is 5.69. The normalized spacial score (nSPS) is 10.7. The Labute approximate surface area is 134 Å². The number of benzene rings is 2. The van der Waals surface area contributed by atoms with Crippen molar-refractivity contribution in [1.29, 1.82) is 0 Å². The van der Waals surface area contributed by atoms with Gasteiger partial charge in [-0.25, -0.2) is 0 Å². The first kappa shape index (κ1) is 15.0. The molecule has 4 nitrogen and oxygen atoms in total. The number of amides is 1. The zero-order valence-corrected chi connectivity index (χ0v) is 13.2. The molecule has 4 heteroatoms. The number of rotatable bonds is 3. The van der Waals surface area contributed by atoms with Gasteiger partial charge in [-0.05, 0) is 43.5 Å². The van der Waals surface area contributed by atoms with Gasteiger partial charge in [-0.1, -0.05) is 35.9 Å². The molecule has 23 heavy (non-hydrogen) atoms. The van der Waals surface area contributed by atoms with E-state index < -0.39 is 0 Å². The summed E-state index contributed by atoms with van der Waals surface area (Å²) in [4.78, 5) is 24.7. The minimum Gasteiger partial charge on any atom is -0.325 e. The van der Waals surface area contributed by atoms with Gasteiger partial charge in [0.15, 0.2) is 0 Å². The van der Waals surface area contributed by atoms with Gasteiger partial charge in [0.2, 0.25) is 5.91 Å². The second-order valence-electron chi connectivity index (χ2n) is 5.69. The van der Waals surface area contributed by atoms with E-state index in [9.17, 15) is 9.59 Å². The quantitative estimate of drug-likeness (QED) is 0.807. The maximum absolute atomic E-state index is 12.4. The van der Waals surface area contributed by atoms with Crippen LogP contribution in [0.2, 0.25) is 0 Å². The lowest BCUT2D eigenvalue weighted by molar-refractivity contribution is -0.116. The summed E-state index contributed by atoms with van der Waals surface area (Å²) in [5, 5.41) is 3.78. The first-order chi connectivity index (χ1) is 11.0. The lowest BCUT2D eigenvalue weighted by atomic mass is 10.1. The number of aryl methyl sites for hydroxylation is 2. The van der Waals surface area contributed by atoms with Gasteiger partial charge in [0.05, 0.1) is 5.52 Å². The smallest absolute Gasteiger partial charge is 0.254 e. The Morgan fingerprint density at radius 2 is 1.74 bits per heavy atom. The van der Waals surface area contributed by atoms with Crippen molar-refractivity contribution in [3.63, 3.8) is 0 Å². The molecule has 0 atom stereocenters. The van der Waals surface area contributed by atoms with E-state index in [-0.39, 0.29) is 18.0 Å². The highest BCUT2D eigenvalue weighted by Gasteiger charge is 2.10. The zero-order valence-electron chi connectivity index (χ0n) is 13.2. The molecule has 0 spiro atoms. The molecule has 1 amide bonds. The summed E-state index contributed by atoms with van der Waals surface area (Å²) in [6, 6.07) is 17.0. The summed E-state index contributed by atoms with van der Waals surface area (Å²) >= 11 is 0. The monoisotopic (exact) mass is 306 g/mol. The van der Waals surface area contributed by atoms with Crippen molar-refractivity contribution in [3.05, 3.63) is 76.1 Å². The van der Waals surface area contributed by atoms with Gasteiger partial charge < -0.3 is 5.32 Å². The molecule has 1 N–H and O–H groups in total. The SMILES string of the molecule is Cc1ccc(NC(=O)Cn2c(=O)c(C)cc3ccccc32)cc1. The lowest BCUT2D eigenvalue weighted by Gasteiger charge is -2.12. The minimum absolute atomic E-state index is 0.00506. The maximum Gasteiger partial charge on any atom is 0.254 e. The zero-order chi connectivity index (χ0) is 16.4. The first-order valence-electron chi connectivity index (χ1n) is 7.50. The molecule has 0 bridgehead atoms. The molecule has 116 valence electrons. The van der Waals surface area contributed by atoms with Crippen molar-refractivity contribution >= 4 is 22.5 Å². The van der Waals surface area contributed by atoms with E-state index in [4.69, 9.17) is 0 Å². The van der Waals surface area contributed by atoms with E-state index in [1.54, 1.807) is 6.92 Å². The number of pyridine rings is 1. The summed E-state index contributed by atoms with van der Waals surface area (Å²) in [5.74, 6) is -0.216. The van der Waals surface area contributed by atoms with E-state index in [1.165, 1.54) is 4.57 Å². The molecule has 0 aliphatic rings. The molecule has 0 radical (unpaired) electrons. The molecular formula is C19H18N2O2. The van der Waals surface area contributed by atoms with Crippen LogP contribution in [-0.4, -0.2) is 10.5 Å². The van der Waals surface area contributed by atoms with E-state index in [1.807, 2.05) is 61.5 Å². The highest BCUT2D eigenvalue weighted by atomic mass is 16.2. The molecule has 3 aromatic rings. The van der Waals surface area contributed by atoms with Crippen LogP contribution in [0.5, 0.6) is 0 Å². The number of nitrogens with one attached hydrogen (secondary N) is 1. The minimum atomic E-state index is -0.216. The van der Waals surface area contributed by atoms with Crippen molar-refractivity contribution in [2.75, 3.05) is 5.32 Å². The van der Waals surface area contributed by atoms with Gasteiger partial charge in [-0.3, -0.25) is 14.2 Å². The Morgan fingerprint density at radius 1 is 1.04 bits per heavy atom. The fourth-order valence-corrected chi connectivity index (χ4v) is 2.61. The Balaban J connectivity index is 1.91. The van der Waals surface area contributed by atoms with Crippen LogP contribution in [0, 0.1) is 13.8 Å². The van der Waals surface area contributed by atoms with Crippen molar-refractivity contribution < 1.29 is 4.79 Å². The fourth-order valence-electron chi connectivity index (χ4n) is 2.61. The summed E-state index contributed by atoms with van der Waals surface area (Å²) in [7, 11) is 0. The average Bonchev–Trinajstić information content (AvgIpc) is 2.54. The van der Waals surface area contributed by atoms with Gasteiger partial charge >= 0.3 is 0 Å². The molecule has 1 aromatic heterocycles. The van der Waals surface area contributed by atoms with Crippen LogP contribution in [0.3, 0.4) is 0 Å². The van der Waals surface area contributed by atoms with Crippen LogP contribution in [0.4, 0.5) is 5.69 Å². The molecule has 2 aromatic carbocycles. The summed E-state index contributed by atoms with van der Waals surface area (Å²) < 4.78 is 1.52. The Hall–Kier alpha value is -2.88. The Morgan fingerprint density at radius 3 is 2.48 bits per heavy atom. The highest BCUT2D eigenvalue weighted by Crippen LogP contribution is 2.14. The van der Waals surface area contributed by atoms with Crippen molar-refractivity contribution in [2.45, 2.75) is 20.4 Å². The van der Waals surface area contributed by atoms with Gasteiger partial charge in [-0.15, -0.1) is 0 Å². The van der Waals surface area contributed by atoms with Gasteiger partial charge in [-0.2, -0.15) is 0 Å². The third-order valence-electron chi connectivity index (χ3n) is 3.82. The number of carbonyl (C=O) groups is 1. The first-order valence-corrected chi connectivity index (χ1v) is 7.50. The van der Waals surface area contributed by atoms with Crippen LogP contribution < -0.4 is 10.9 Å². The largest absolute Gasteiger partial charge is 0.325 e. The maximum atomic E-state index is 12.4. The topological polar surface area (TPSA) is 51.1 Å². The fraction of sp³-hybridized carbons (Fsp3) is 0.158. The number of para-hydroxylation sites is 1. The number of anilines is 1. The van der Waals surface area contributed by atoms with Crippen molar-refractivity contribution in [2.24, 2.45) is 0 Å². The third-order valence-corrected chi connectivity index (χ3v) is 3.82. The highest BCUT2D eigenvalue weighted by molar-refractivity contribution is 5.91. The predicted molar refractivity (Wildman–Crippen MR) is 92.8 cm³/mol. The number of carbonyl (C=O) groups excluding carboxylic acids is 1. The number of hydrogen-bond donors (Lipinski definition) is 1. The van der Waals surface area contributed by atoms with Crippen LogP contribution in [0.25, 0.3) is 10.9 Å². The van der Waals surface area contributed by atoms with Crippen LogP contribution in [0.1, 0.15) is 11.1 Å². The van der Waals surface area contributed by atoms with E-state index in [0.29, 0.717) is 5.56 Å². The standard InChI is InChI=1S/C19H18N2O2/c1-13-7-9-16(10-8-13)20-18(22)12-21-17-6-4-3-5-15(17)11-14(2)19(21)23/h3-11H,12H2,1-2H3,(H,20,22). The van der Waals surface area contributed by atoms with E-state index in [2.05, 4.69) is 5.32 Å². The third kappa shape index (κ3) is 3.16. The molecule has 0 saturated carbocycles. The van der Waals surface area contributed by atoms with Crippen molar-refractivity contribution in [1.82, 2.24) is 4.57 Å². The number of hydrogen-bond acceptors (Lipinski definition) is 2. The summed E-state index contributed by atoms with van der Waals surface area (Å²) in [6.07, 6.45) is 0. The Bertz CT molecular complexity index is 924. The number of fused-ring (bicyclic) bond motifs is 1. The molecular weight excluding hydrogens is 288 g/mol. The van der Waals surface area contributed by atoms with Crippen molar-refractivity contribution in [3.8, 4) is 0 Å². The molecule has 0 saturated heterocycles. The van der Waals surface area contributed by atoms with Gasteiger partial charge in [0, 0.05) is 11.3 Å². The number of nitrogens with zero attached hydrogens (tertiary/aromatic N) is 1. The second kappa shape index (κ2) is 6.08. The lowest BCUT2D eigenvalue weighted by Crippen LogP contribution is -2.29. The predicted octanol–water partition coefficient (Wildman–Crippen LogP) is 3.26. The Kier molecular flexibility index (Phi) is 3.98. The molecule has 0 aliphatic heterocycles. The van der Waals surface area contributed by atoms with Crippen LogP contribution in [-0.2, 0) is 11.3 Å². The molecule has 0 fully saturated rings. The molecule has 0 unspecified atom stereocenters. The molecule has 1 heterocycles. The average molecular weight is 306 g/mol. The summed E-state index contributed by atoms with van der Waals surface area (Å²) in [6.45, 7) is 3.75. The molecule has 0 aliphatic carbocycles. The van der Waals surface area contributed by atoms with E-state index in [0.717, 1.165) is 22.2 Å². The summed E-state index contributed by atoms with van der Waals surface area (Å²) in [5.41, 5.74) is 3.12. The van der Waals surface area contributed by atoms with Gasteiger partial charge in [0.1, 0.15) is 6.54 Å². The van der Waals surface area contributed by atoms with Crippen LogP contribution in [0.15, 0.2) is 59.4 Å². The van der Waals surface area contributed by atoms with Gasteiger partial charge in [0.25, 0.3) is 5.56 Å². The number of aromatic nitrogens is 1.